The van der Waals surface area contributed by atoms with Crippen LogP contribution in [0, 0.1) is 5.92 Å². The van der Waals surface area contributed by atoms with E-state index in [1.807, 2.05) is 42.5 Å². The molecule has 0 spiro atoms. The lowest BCUT2D eigenvalue weighted by Gasteiger charge is -2.37. The maximum absolute atomic E-state index is 12.4. The summed E-state index contributed by atoms with van der Waals surface area (Å²) >= 11 is 0. The molecule has 4 atom stereocenters. The molecule has 2 fully saturated rings. The first kappa shape index (κ1) is 21.7. The normalized spacial score (nSPS) is 25.4. The Hall–Kier alpha value is -3.10. The van der Waals surface area contributed by atoms with Gasteiger partial charge in [-0.2, -0.15) is 0 Å². The zero-order chi connectivity index (χ0) is 22.8. The molecule has 0 bridgehead atoms. The van der Waals surface area contributed by atoms with Crippen LogP contribution in [0.1, 0.15) is 37.2 Å². The molecule has 174 valence electrons. The molecule has 3 aliphatic rings. The van der Waals surface area contributed by atoms with Crippen LogP contribution in [0.2, 0.25) is 0 Å². The van der Waals surface area contributed by atoms with Gasteiger partial charge in [0.15, 0.2) is 0 Å². The Labute approximate surface area is 192 Å². The van der Waals surface area contributed by atoms with Crippen LogP contribution < -0.4 is 20.7 Å². The highest BCUT2D eigenvalue weighted by Gasteiger charge is 2.46. The van der Waals surface area contributed by atoms with Crippen LogP contribution in [0.4, 0.5) is 16.2 Å². The molecule has 1 saturated carbocycles. The predicted octanol–water partition coefficient (Wildman–Crippen LogP) is 3.24. The highest BCUT2D eigenvalue weighted by atomic mass is 16.6. The van der Waals surface area contributed by atoms with Crippen LogP contribution in [-0.2, 0) is 9.53 Å². The van der Waals surface area contributed by atoms with Gasteiger partial charge < -0.3 is 30.5 Å². The Bertz CT molecular complexity index is 1010. The molecule has 0 aromatic heterocycles. The van der Waals surface area contributed by atoms with Crippen LogP contribution in [0.15, 0.2) is 48.5 Å². The van der Waals surface area contributed by atoms with Crippen molar-refractivity contribution in [2.75, 3.05) is 23.8 Å². The second-order valence-electron chi connectivity index (χ2n) is 9.05. The molecule has 2 aliphatic heterocycles. The first-order valence-electron chi connectivity index (χ1n) is 11.6. The lowest BCUT2D eigenvalue weighted by molar-refractivity contribution is -0.142. The van der Waals surface area contributed by atoms with Crippen molar-refractivity contribution < 1.29 is 24.2 Å². The van der Waals surface area contributed by atoms with Gasteiger partial charge in [-0.3, -0.25) is 4.79 Å². The lowest BCUT2D eigenvalue weighted by atomic mass is 9.84. The minimum atomic E-state index is -0.504. The third kappa shape index (κ3) is 5.12. The van der Waals surface area contributed by atoms with Crippen molar-refractivity contribution in [1.29, 1.82) is 0 Å². The smallest absolute Gasteiger partial charge is 0.323 e. The molecule has 2 aromatic rings. The Morgan fingerprint density at radius 1 is 1.03 bits per heavy atom. The van der Waals surface area contributed by atoms with Gasteiger partial charge in [-0.05, 0) is 55.5 Å². The number of urea groups is 1. The van der Waals surface area contributed by atoms with Crippen molar-refractivity contribution in [3.8, 4) is 5.75 Å². The second-order valence-corrected chi connectivity index (χ2v) is 9.05. The molecule has 3 amide bonds. The van der Waals surface area contributed by atoms with Crippen molar-refractivity contribution >= 4 is 23.3 Å². The number of amides is 3. The summed E-state index contributed by atoms with van der Waals surface area (Å²) in [6.07, 6.45) is 2.13. The molecular formula is C25H29N3O5. The molecule has 2 aromatic carbocycles. The Morgan fingerprint density at radius 3 is 2.58 bits per heavy atom. The zero-order valence-electron chi connectivity index (χ0n) is 18.3. The standard InChI is InChI=1S/C25H29N3O5/c29-14-22-24-20(11-18(32-22)12-23(30)26-13-15-6-7-15)19-10-17(8-9-21(19)33-24)28-25(31)27-16-4-2-1-3-5-16/h1-5,8-10,15,18,20,22,24,29H,6-7,11-14H2,(H,26,30)(H2,27,28,31)/t18-,20-,22-,24+/m0/s1. The summed E-state index contributed by atoms with van der Waals surface area (Å²) < 4.78 is 12.1. The van der Waals surface area contributed by atoms with Crippen LogP contribution in [0.5, 0.6) is 5.75 Å². The summed E-state index contributed by atoms with van der Waals surface area (Å²) in [5.74, 6) is 1.30. The molecule has 4 N–H and O–H groups in total. The third-order valence-electron chi connectivity index (χ3n) is 6.49. The summed E-state index contributed by atoms with van der Waals surface area (Å²) in [5, 5.41) is 18.6. The van der Waals surface area contributed by atoms with Crippen molar-refractivity contribution in [2.45, 2.75) is 49.9 Å². The summed E-state index contributed by atoms with van der Waals surface area (Å²) in [4.78, 5) is 24.8. The number of hydrogen-bond donors (Lipinski definition) is 4. The van der Waals surface area contributed by atoms with E-state index < -0.39 is 6.10 Å². The molecule has 1 aliphatic carbocycles. The van der Waals surface area contributed by atoms with Crippen LogP contribution >= 0.6 is 0 Å². The fraction of sp³-hybridized carbons (Fsp3) is 0.440. The molecule has 0 radical (unpaired) electrons. The molecule has 0 unspecified atom stereocenters. The van der Waals surface area contributed by atoms with E-state index in [-0.39, 0.29) is 43.1 Å². The lowest BCUT2D eigenvalue weighted by Crippen LogP contribution is -2.47. The molecular weight excluding hydrogens is 422 g/mol. The molecule has 1 saturated heterocycles. The number of benzene rings is 2. The first-order chi connectivity index (χ1) is 16.1. The largest absolute Gasteiger partial charge is 0.487 e. The molecule has 2 heterocycles. The van der Waals surface area contributed by atoms with Crippen molar-refractivity contribution in [1.82, 2.24) is 5.32 Å². The van der Waals surface area contributed by atoms with Crippen molar-refractivity contribution in [3.05, 3.63) is 54.1 Å². The van der Waals surface area contributed by atoms with Crippen molar-refractivity contribution in [3.63, 3.8) is 0 Å². The van der Waals surface area contributed by atoms with Crippen LogP contribution in [0.25, 0.3) is 0 Å². The van der Waals surface area contributed by atoms with Gasteiger partial charge in [-0.15, -0.1) is 0 Å². The van der Waals surface area contributed by atoms with Crippen LogP contribution in [-0.4, -0.2) is 48.5 Å². The second kappa shape index (κ2) is 9.41. The highest BCUT2D eigenvalue weighted by Crippen LogP contribution is 2.47. The van der Waals surface area contributed by atoms with E-state index in [1.54, 1.807) is 6.07 Å². The first-order valence-corrected chi connectivity index (χ1v) is 11.6. The number of nitrogens with one attached hydrogen (secondary N) is 3. The van der Waals surface area contributed by atoms with E-state index in [1.165, 1.54) is 12.8 Å². The van der Waals surface area contributed by atoms with E-state index in [0.717, 1.165) is 17.9 Å². The van der Waals surface area contributed by atoms with Gasteiger partial charge in [0.2, 0.25) is 5.91 Å². The number of anilines is 2. The van der Waals surface area contributed by atoms with Crippen LogP contribution in [0.3, 0.4) is 0 Å². The van der Waals surface area contributed by atoms with Gasteiger partial charge in [0, 0.05) is 29.4 Å². The predicted molar refractivity (Wildman–Crippen MR) is 123 cm³/mol. The van der Waals surface area contributed by atoms with Gasteiger partial charge in [-0.25, -0.2) is 4.79 Å². The number of hydrogen-bond acceptors (Lipinski definition) is 5. The Morgan fingerprint density at radius 2 is 1.82 bits per heavy atom. The van der Waals surface area contributed by atoms with Gasteiger partial charge in [0.05, 0.1) is 19.1 Å². The average Bonchev–Trinajstić information content (AvgIpc) is 3.58. The van der Waals surface area contributed by atoms with Crippen molar-refractivity contribution in [2.24, 2.45) is 5.92 Å². The van der Waals surface area contributed by atoms with Gasteiger partial charge in [-0.1, -0.05) is 18.2 Å². The highest BCUT2D eigenvalue weighted by molar-refractivity contribution is 5.99. The zero-order valence-corrected chi connectivity index (χ0v) is 18.3. The van der Waals surface area contributed by atoms with E-state index in [0.29, 0.717) is 23.7 Å². The monoisotopic (exact) mass is 451 g/mol. The Kier molecular flexibility index (Phi) is 6.20. The van der Waals surface area contributed by atoms with Gasteiger partial charge in [0.1, 0.15) is 18.0 Å². The number of carbonyl (C=O) groups excluding carboxylic acids is 2. The van der Waals surface area contributed by atoms with Gasteiger partial charge in [0.25, 0.3) is 0 Å². The number of fused-ring (bicyclic) bond motifs is 3. The van der Waals surface area contributed by atoms with Gasteiger partial charge >= 0.3 is 6.03 Å². The average molecular weight is 452 g/mol. The summed E-state index contributed by atoms with van der Waals surface area (Å²) in [6, 6.07) is 14.4. The molecule has 8 nitrogen and oxygen atoms in total. The minimum Gasteiger partial charge on any atom is -0.487 e. The number of aliphatic hydroxyl groups excluding tert-OH is 1. The third-order valence-corrected chi connectivity index (χ3v) is 6.49. The fourth-order valence-corrected chi connectivity index (χ4v) is 4.64. The summed E-state index contributed by atoms with van der Waals surface area (Å²) in [6.45, 7) is 0.549. The van der Waals surface area contributed by atoms with E-state index in [4.69, 9.17) is 9.47 Å². The maximum Gasteiger partial charge on any atom is 0.323 e. The fourth-order valence-electron chi connectivity index (χ4n) is 4.64. The van der Waals surface area contributed by atoms with E-state index in [9.17, 15) is 14.7 Å². The Balaban J connectivity index is 1.25. The van der Waals surface area contributed by atoms with E-state index in [2.05, 4.69) is 16.0 Å². The topological polar surface area (TPSA) is 109 Å². The molecule has 8 heteroatoms. The number of carbonyl (C=O) groups is 2. The SMILES string of the molecule is O=C(C[C@@H]1C[C@H]2c3cc(NC(=O)Nc4ccccc4)ccc3O[C@H]2[C@H](CO)O1)NCC1CC1. The summed E-state index contributed by atoms with van der Waals surface area (Å²) in [5.41, 5.74) is 2.32. The molecule has 33 heavy (non-hydrogen) atoms. The quantitative estimate of drug-likeness (QED) is 0.517. The number of ether oxygens (including phenoxy) is 2. The number of aliphatic hydroxyl groups is 1. The van der Waals surface area contributed by atoms with E-state index >= 15 is 0 Å². The maximum atomic E-state index is 12.4. The number of rotatable bonds is 7. The number of para-hydroxylation sites is 1. The summed E-state index contributed by atoms with van der Waals surface area (Å²) in [7, 11) is 0. The minimum absolute atomic E-state index is 0.0193. The molecule has 5 rings (SSSR count).